The van der Waals surface area contributed by atoms with Crippen molar-refractivity contribution in [3.8, 4) is 0 Å². The van der Waals surface area contributed by atoms with Gasteiger partial charge in [-0.05, 0) is 17.5 Å². The van der Waals surface area contributed by atoms with Crippen LogP contribution in [0.1, 0.15) is 23.7 Å². The lowest BCUT2D eigenvalue weighted by atomic mass is 9.97. The van der Waals surface area contributed by atoms with E-state index >= 15 is 0 Å². The summed E-state index contributed by atoms with van der Waals surface area (Å²) in [5, 5.41) is 7.39. The Morgan fingerprint density at radius 1 is 1.43 bits per heavy atom. The molecule has 0 saturated heterocycles. The molecule has 1 aromatic rings. The first kappa shape index (κ1) is 15.9. The quantitative estimate of drug-likeness (QED) is 0.563. The number of hydrogen-bond acceptors (Lipinski definition) is 4. The van der Waals surface area contributed by atoms with E-state index in [2.05, 4.69) is 29.2 Å². The first-order valence-corrected chi connectivity index (χ1v) is 7.44. The van der Waals surface area contributed by atoms with Gasteiger partial charge in [-0.3, -0.25) is 10.3 Å². The average molecular weight is 291 g/mol. The lowest BCUT2D eigenvalue weighted by Crippen LogP contribution is -2.36. The van der Waals surface area contributed by atoms with Gasteiger partial charge in [0.25, 0.3) is 0 Å². The van der Waals surface area contributed by atoms with E-state index in [1.807, 2.05) is 0 Å². The van der Waals surface area contributed by atoms with Gasteiger partial charge in [-0.2, -0.15) is 0 Å². The third-order valence-electron chi connectivity index (χ3n) is 3.83. The molecule has 0 bridgehead atoms. The summed E-state index contributed by atoms with van der Waals surface area (Å²) in [6.07, 6.45) is 1.66. The van der Waals surface area contributed by atoms with Crippen LogP contribution >= 0.6 is 0 Å². The first-order valence-electron chi connectivity index (χ1n) is 7.44. The highest BCUT2D eigenvalue weighted by atomic mass is 16.5. The Bertz CT molecular complexity index is 465. The van der Waals surface area contributed by atoms with Gasteiger partial charge in [-0.15, -0.1) is 0 Å². The van der Waals surface area contributed by atoms with Crippen LogP contribution in [0.15, 0.2) is 24.3 Å². The van der Waals surface area contributed by atoms with Crippen LogP contribution < -0.4 is 5.73 Å². The molecule has 1 aliphatic heterocycles. The molecule has 0 aromatic heterocycles. The molecule has 21 heavy (non-hydrogen) atoms. The number of hydrogen-bond donors (Lipinski definition) is 2. The molecule has 0 fully saturated rings. The van der Waals surface area contributed by atoms with Crippen molar-refractivity contribution in [3.05, 3.63) is 35.4 Å². The maximum atomic E-state index is 7.39. The Hall–Kier alpha value is -1.43. The number of nitrogens with one attached hydrogen (secondary N) is 1. The van der Waals surface area contributed by atoms with Crippen molar-refractivity contribution >= 4 is 5.84 Å². The molecule has 1 aromatic carbocycles. The van der Waals surface area contributed by atoms with Gasteiger partial charge in [-0.1, -0.05) is 24.3 Å². The average Bonchev–Trinajstić information content (AvgIpc) is 2.50. The second-order valence-electron chi connectivity index (χ2n) is 5.38. The molecule has 3 N–H and O–H groups in total. The molecule has 1 heterocycles. The zero-order valence-corrected chi connectivity index (χ0v) is 12.7. The van der Waals surface area contributed by atoms with E-state index in [1.165, 1.54) is 11.1 Å². The summed E-state index contributed by atoms with van der Waals surface area (Å²) in [5.74, 6) is 0.224. The number of methoxy groups -OCH3 is 1. The molecule has 0 saturated carbocycles. The van der Waals surface area contributed by atoms with Crippen LogP contribution in [0.3, 0.4) is 0 Å². The van der Waals surface area contributed by atoms with Crippen LogP contribution in [0.5, 0.6) is 0 Å². The molecule has 2 rings (SSSR count). The molecule has 1 aliphatic rings. The molecule has 1 atom stereocenters. The van der Waals surface area contributed by atoms with Gasteiger partial charge in [0.15, 0.2) is 0 Å². The van der Waals surface area contributed by atoms with Gasteiger partial charge < -0.3 is 15.2 Å². The lowest BCUT2D eigenvalue weighted by Gasteiger charge is -2.31. The normalized spacial score (nSPS) is 17.7. The third kappa shape index (κ3) is 4.81. The summed E-state index contributed by atoms with van der Waals surface area (Å²) in [5.41, 5.74) is 8.14. The monoisotopic (exact) mass is 291 g/mol. The topological polar surface area (TPSA) is 71.6 Å². The molecular formula is C16H25N3O2. The minimum absolute atomic E-state index is 0.0961. The Morgan fingerprint density at radius 2 is 2.24 bits per heavy atom. The SMILES string of the molecule is COCCN(CCC(=N)N)CC1OCCc2ccccc21. The van der Waals surface area contributed by atoms with E-state index in [4.69, 9.17) is 20.6 Å². The lowest BCUT2D eigenvalue weighted by molar-refractivity contribution is 0.0116. The highest BCUT2D eigenvalue weighted by Crippen LogP contribution is 2.27. The summed E-state index contributed by atoms with van der Waals surface area (Å²) >= 11 is 0. The van der Waals surface area contributed by atoms with Crippen LogP contribution in [0.25, 0.3) is 0 Å². The standard InChI is InChI=1S/C16H25N3O2/c1-20-11-9-19(8-6-16(17)18)12-15-14-5-3-2-4-13(14)7-10-21-15/h2-5,15H,6-12H2,1H3,(H3,17,18). The molecule has 1 unspecified atom stereocenters. The van der Waals surface area contributed by atoms with Gasteiger partial charge in [0.1, 0.15) is 0 Å². The Kier molecular flexibility index (Phi) is 6.17. The summed E-state index contributed by atoms with van der Waals surface area (Å²) in [4.78, 5) is 2.26. The zero-order valence-electron chi connectivity index (χ0n) is 12.7. The van der Waals surface area contributed by atoms with E-state index in [0.29, 0.717) is 13.0 Å². The molecule has 0 aliphatic carbocycles. The highest BCUT2D eigenvalue weighted by Gasteiger charge is 2.22. The molecule has 5 heteroatoms. The van der Waals surface area contributed by atoms with E-state index in [-0.39, 0.29) is 11.9 Å². The fourth-order valence-electron chi connectivity index (χ4n) is 2.66. The van der Waals surface area contributed by atoms with Crippen molar-refractivity contribution in [1.29, 1.82) is 5.41 Å². The zero-order chi connectivity index (χ0) is 15.1. The predicted molar refractivity (Wildman–Crippen MR) is 83.7 cm³/mol. The van der Waals surface area contributed by atoms with E-state index in [1.54, 1.807) is 7.11 Å². The fraction of sp³-hybridized carbons (Fsp3) is 0.562. The summed E-state index contributed by atoms with van der Waals surface area (Å²) in [7, 11) is 1.70. The molecule has 0 spiro atoms. The number of nitrogens with zero attached hydrogens (tertiary/aromatic N) is 1. The van der Waals surface area contributed by atoms with Gasteiger partial charge in [0, 0.05) is 33.2 Å². The molecule has 5 nitrogen and oxygen atoms in total. The second kappa shape index (κ2) is 8.12. The number of benzene rings is 1. The minimum atomic E-state index is 0.0961. The number of nitrogens with two attached hydrogens (primary N) is 1. The van der Waals surface area contributed by atoms with Crippen LogP contribution in [0, 0.1) is 5.41 Å². The van der Waals surface area contributed by atoms with Crippen molar-refractivity contribution in [2.75, 3.05) is 40.0 Å². The van der Waals surface area contributed by atoms with Gasteiger partial charge in [0.2, 0.25) is 0 Å². The van der Waals surface area contributed by atoms with E-state index in [0.717, 1.165) is 32.7 Å². The first-order chi connectivity index (χ1) is 10.2. The number of ether oxygens (including phenoxy) is 2. The van der Waals surface area contributed by atoms with Crippen molar-refractivity contribution in [1.82, 2.24) is 4.90 Å². The van der Waals surface area contributed by atoms with Crippen molar-refractivity contribution in [2.24, 2.45) is 5.73 Å². The largest absolute Gasteiger partial charge is 0.388 e. The summed E-state index contributed by atoms with van der Waals surface area (Å²) < 4.78 is 11.1. The van der Waals surface area contributed by atoms with Crippen molar-refractivity contribution in [3.63, 3.8) is 0 Å². The number of rotatable bonds is 8. The van der Waals surface area contributed by atoms with Crippen molar-refractivity contribution in [2.45, 2.75) is 18.9 Å². The van der Waals surface area contributed by atoms with E-state index < -0.39 is 0 Å². The smallest absolute Gasteiger partial charge is 0.0954 e. The van der Waals surface area contributed by atoms with E-state index in [9.17, 15) is 0 Å². The van der Waals surface area contributed by atoms with Gasteiger partial charge >= 0.3 is 0 Å². The van der Waals surface area contributed by atoms with Crippen molar-refractivity contribution < 1.29 is 9.47 Å². The highest BCUT2D eigenvalue weighted by molar-refractivity contribution is 5.76. The molecule has 0 amide bonds. The number of amidine groups is 1. The number of fused-ring (bicyclic) bond motifs is 1. The Labute approximate surface area is 126 Å². The Morgan fingerprint density at radius 3 is 3.00 bits per heavy atom. The second-order valence-corrected chi connectivity index (χ2v) is 5.38. The third-order valence-corrected chi connectivity index (χ3v) is 3.83. The van der Waals surface area contributed by atoms with Crippen LogP contribution in [-0.4, -0.2) is 50.7 Å². The van der Waals surface area contributed by atoms with Crippen LogP contribution in [-0.2, 0) is 15.9 Å². The van der Waals surface area contributed by atoms with Crippen LogP contribution in [0.4, 0.5) is 0 Å². The molecule has 0 radical (unpaired) electrons. The maximum Gasteiger partial charge on any atom is 0.0954 e. The molecule has 116 valence electrons. The fourth-order valence-corrected chi connectivity index (χ4v) is 2.66. The summed E-state index contributed by atoms with van der Waals surface area (Å²) in [6, 6.07) is 8.48. The van der Waals surface area contributed by atoms with Gasteiger partial charge in [0.05, 0.1) is 25.2 Å². The molecular weight excluding hydrogens is 266 g/mol. The predicted octanol–water partition coefficient (Wildman–Crippen LogP) is 1.57. The minimum Gasteiger partial charge on any atom is -0.388 e. The Balaban J connectivity index is 2.00. The van der Waals surface area contributed by atoms with Gasteiger partial charge in [-0.25, -0.2) is 0 Å². The summed E-state index contributed by atoms with van der Waals surface area (Å²) in [6.45, 7) is 3.85. The maximum absolute atomic E-state index is 7.39. The van der Waals surface area contributed by atoms with Crippen LogP contribution in [0.2, 0.25) is 0 Å².